The molecule has 2 heterocycles. The summed E-state index contributed by atoms with van der Waals surface area (Å²) in [6.07, 6.45) is 1.09. The number of carbonyl (C=O) groups is 2. The zero-order chi connectivity index (χ0) is 18.5. The Labute approximate surface area is 151 Å². The third-order valence-corrected chi connectivity index (χ3v) is 4.25. The average Bonchev–Trinajstić information content (AvgIpc) is 3.17. The molecule has 2 aromatic rings. The molecule has 8 nitrogen and oxygen atoms in total. The molecular weight excluding hydrogens is 338 g/mol. The van der Waals surface area contributed by atoms with Gasteiger partial charge in [-0.1, -0.05) is 5.16 Å². The van der Waals surface area contributed by atoms with Crippen molar-refractivity contribution in [3.05, 3.63) is 36.0 Å². The van der Waals surface area contributed by atoms with Crippen LogP contribution in [0, 0.1) is 0 Å². The number of hydrogen-bond acceptors (Lipinski definition) is 6. The van der Waals surface area contributed by atoms with Gasteiger partial charge in [-0.3, -0.25) is 4.79 Å². The maximum Gasteiger partial charge on any atom is 0.409 e. The van der Waals surface area contributed by atoms with Crippen LogP contribution in [0.15, 0.2) is 35.0 Å². The standard InChI is InChI=1S/C18H21N3O5/c1-3-25-18(23)21-10-8-20(9-11-21)17(22)15-12-19-26-16(15)13-4-6-14(24-2)7-5-13/h4-7,12H,3,8-11H2,1-2H3. The third kappa shape index (κ3) is 3.63. The highest BCUT2D eigenvalue weighted by molar-refractivity contribution is 5.99. The van der Waals surface area contributed by atoms with Gasteiger partial charge in [-0.25, -0.2) is 4.79 Å². The second kappa shape index (κ2) is 7.90. The Morgan fingerprint density at radius 1 is 1.12 bits per heavy atom. The fourth-order valence-corrected chi connectivity index (χ4v) is 2.82. The van der Waals surface area contributed by atoms with E-state index in [-0.39, 0.29) is 12.0 Å². The van der Waals surface area contributed by atoms with Crippen molar-refractivity contribution < 1.29 is 23.6 Å². The maximum absolute atomic E-state index is 12.8. The van der Waals surface area contributed by atoms with Crippen molar-refractivity contribution in [2.24, 2.45) is 0 Å². The highest BCUT2D eigenvalue weighted by atomic mass is 16.6. The van der Waals surface area contributed by atoms with E-state index in [1.807, 2.05) is 12.1 Å². The molecule has 26 heavy (non-hydrogen) atoms. The van der Waals surface area contributed by atoms with Crippen molar-refractivity contribution in [2.45, 2.75) is 6.92 Å². The quantitative estimate of drug-likeness (QED) is 0.832. The molecule has 0 bridgehead atoms. The predicted octanol–water partition coefficient (Wildman–Crippen LogP) is 2.26. The average molecular weight is 359 g/mol. The first-order valence-corrected chi connectivity index (χ1v) is 8.44. The van der Waals surface area contributed by atoms with Crippen LogP contribution in [-0.4, -0.2) is 66.9 Å². The second-order valence-electron chi connectivity index (χ2n) is 5.78. The van der Waals surface area contributed by atoms with Gasteiger partial charge in [-0.15, -0.1) is 0 Å². The number of nitrogens with zero attached hydrogens (tertiary/aromatic N) is 3. The lowest BCUT2D eigenvalue weighted by molar-refractivity contribution is 0.0570. The van der Waals surface area contributed by atoms with Crippen molar-refractivity contribution >= 4 is 12.0 Å². The number of aromatic nitrogens is 1. The first-order chi connectivity index (χ1) is 12.6. The first kappa shape index (κ1) is 17.8. The molecule has 2 amide bonds. The van der Waals surface area contributed by atoms with E-state index in [1.165, 1.54) is 6.20 Å². The van der Waals surface area contributed by atoms with Gasteiger partial charge in [0.15, 0.2) is 5.76 Å². The Bertz CT molecular complexity index is 763. The van der Waals surface area contributed by atoms with Gasteiger partial charge in [-0.05, 0) is 31.2 Å². The Kier molecular flexibility index (Phi) is 5.40. The van der Waals surface area contributed by atoms with Crippen LogP contribution in [0.25, 0.3) is 11.3 Å². The molecule has 138 valence electrons. The molecule has 0 aliphatic carbocycles. The highest BCUT2D eigenvalue weighted by Crippen LogP contribution is 2.27. The molecule has 0 unspecified atom stereocenters. The molecule has 1 saturated heterocycles. The van der Waals surface area contributed by atoms with Crippen molar-refractivity contribution in [1.29, 1.82) is 0 Å². The molecule has 8 heteroatoms. The molecule has 1 fully saturated rings. The minimum atomic E-state index is -0.344. The van der Waals surface area contributed by atoms with Crippen LogP contribution in [-0.2, 0) is 4.74 Å². The fraction of sp³-hybridized carbons (Fsp3) is 0.389. The molecule has 0 atom stereocenters. The molecule has 0 saturated carbocycles. The van der Waals surface area contributed by atoms with Gasteiger partial charge in [0.25, 0.3) is 5.91 Å². The SMILES string of the molecule is CCOC(=O)N1CCN(C(=O)c2cnoc2-c2ccc(OC)cc2)CC1. The lowest BCUT2D eigenvalue weighted by Crippen LogP contribution is -2.50. The molecule has 0 spiro atoms. The van der Waals surface area contributed by atoms with Gasteiger partial charge in [-0.2, -0.15) is 0 Å². The number of rotatable bonds is 4. The van der Waals surface area contributed by atoms with E-state index in [0.29, 0.717) is 44.1 Å². The van der Waals surface area contributed by atoms with Crippen molar-refractivity contribution in [2.75, 3.05) is 39.9 Å². The molecular formula is C18H21N3O5. The zero-order valence-electron chi connectivity index (χ0n) is 14.8. The highest BCUT2D eigenvalue weighted by Gasteiger charge is 2.28. The molecule has 0 N–H and O–H groups in total. The topological polar surface area (TPSA) is 85.1 Å². The van der Waals surface area contributed by atoms with Crippen LogP contribution in [0.4, 0.5) is 4.79 Å². The van der Waals surface area contributed by atoms with Gasteiger partial charge in [0.05, 0.1) is 19.9 Å². The summed E-state index contributed by atoms with van der Waals surface area (Å²) in [7, 11) is 1.59. The van der Waals surface area contributed by atoms with E-state index in [0.717, 1.165) is 11.3 Å². The monoisotopic (exact) mass is 359 g/mol. The van der Waals surface area contributed by atoms with E-state index in [4.69, 9.17) is 14.0 Å². The van der Waals surface area contributed by atoms with Crippen LogP contribution in [0.3, 0.4) is 0 Å². The molecule has 1 aliphatic rings. The number of piperazine rings is 1. The number of amides is 2. The third-order valence-electron chi connectivity index (χ3n) is 4.25. The van der Waals surface area contributed by atoms with Gasteiger partial charge < -0.3 is 23.8 Å². The van der Waals surface area contributed by atoms with Gasteiger partial charge in [0.1, 0.15) is 11.3 Å². The van der Waals surface area contributed by atoms with Gasteiger partial charge >= 0.3 is 6.09 Å². The number of carbonyl (C=O) groups excluding carboxylic acids is 2. The maximum atomic E-state index is 12.8. The zero-order valence-corrected chi connectivity index (χ0v) is 14.8. The lowest BCUT2D eigenvalue weighted by atomic mass is 10.1. The second-order valence-corrected chi connectivity index (χ2v) is 5.78. The van der Waals surface area contributed by atoms with Gasteiger partial charge in [0, 0.05) is 31.7 Å². The number of benzene rings is 1. The van der Waals surface area contributed by atoms with E-state index >= 15 is 0 Å². The molecule has 0 radical (unpaired) electrons. The van der Waals surface area contributed by atoms with Crippen LogP contribution >= 0.6 is 0 Å². The van der Waals surface area contributed by atoms with Crippen molar-refractivity contribution in [1.82, 2.24) is 15.0 Å². The summed E-state index contributed by atoms with van der Waals surface area (Å²) in [5.74, 6) is 0.974. The summed E-state index contributed by atoms with van der Waals surface area (Å²) in [6, 6.07) is 7.22. The molecule has 1 aromatic carbocycles. The van der Waals surface area contributed by atoms with Crippen LogP contribution in [0.1, 0.15) is 17.3 Å². The Morgan fingerprint density at radius 2 is 1.77 bits per heavy atom. The number of ether oxygens (including phenoxy) is 2. The van der Waals surface area contributed by atoms with E-state index in [9.17, 15) is 9.59 Å². The molecule has 3 rings (SSSR count). The van der Waals surface area contributed by atoms with Gasteiger partial charge in [0.2, 0.25) is 0 Å². The van der Waals surface area contributed by atoms with Crippen LogP contribution in [0.2, 0.25) is 0 Å². The largest absolute Gasteiger partial charge is 0.497 e. The fourth-order valence-electron chi connectivity index (χ4n) is 2.82. The summed E-state index contributed by atoms with van der Waals surface area (Å²) < 4.78 is 15.4. The summed E-state index contributed by atoms with van der Waals surface area (Å²) in [5, 5.41) is 3.79. The Hall–Kier alpha value is -3.03. The van der Waals surface area contributed by atoms with Crippen molar-refractivity contribution in [3.8, 4) is 17.1 Å². The molecule has 1 aliphatic heterocycles. The van der Waals surface area contributed by atoms with E-state index in [1.54, 1.807) is 36.0 Å². The summed E-state index contributed by atoms with van der Waals surface area (Å²) >= 11 is 0. The minimum absolute atomic E-state index is 0.166. The van der Waals surface area contributed by atoms with Crippen molar-refractivity contribution in [3.63, 3.8) is 0 Å². The van der Waals surface area contributed by atoms with E-state index < -0.39 is 0 Å². The summed E-state index contributed by atoms with van der Waals surface area (Å²) in [6.45, 7) is 3.85. The lowest BCUT2D eigenvalue weighted by Gasteiger charge is -2.33. The number of hydrogen-bond donors (Lipinski definition) is 0. The van der Waals surface area contributed by atoms with Crippen LogP contribution in [0.5, 0.6) is 5.75 Å². The summed E-state index contributed by atoms with van der Waals surface area (Å²) in [5.41, 5.74) is 1.15. The summed E-state index contributed by atoms with van der Waals surface area (Å²) in [4.78, 5) is 27.9. The Morgan fingerprint density at radius 3 is 2.38 bits per heavy atom. The minimum Gasteiger partial charge on any atom is -0.497 e. The van der Waals surface area contributed by atoms with E-state index in [2.05, 4.69) is 5.16 Å². The van der Waals surface area contributed by atoms with Crippen LogP contribution < -0.4 is 4.74 Å². The Balaban J connectivity index is 1.70. The normalized spacial score (nSPS) is 14.2. The first-order valence-electron chi connectivity index (χ1n) is 8.44. The number of methoxy groups -OCH3 is 1. The molecule has 1 aromatic heterocycles. The predicted molar refractivity (Wildman–Crippen MR) is 93.0 cm³/mol. The smallest absolute Gasteiger partial charge is 0.409 e.